The molecule has 1 aliphatic heterocycles. The van der Waals surface area contributed by atoms with Crippen LogP contribution in [0.2, 0.25) is 0 Å². The highest BCUT2D eigenvalue weighted by Gasteiger charge is 2.29. The lowest BCUT2D eigenvalue weighted by molar-refractivity contribution is -0.144. The number of nitrogens with two attached hydrogens (primary N) is 1. The first-order valence-corrected chi connectivity index (χ1v) is 6.47. The summed E-state index contributed by atoms with van der Waals surface area (Å²) in [5, 5.41) is 0. The minimum atomic E-state index is -0.781. The zero-order valence-corrected chi connectivity index (χ0v) is 10.9. The summed E-state index contributed by atoms with van der Waals surface area (Å²) in [7, 11) is 0. The molecule has 104 valence electrons. The molecule has 1 fully saturated rings. The van der Waals surface area contributed by atoms with Gasteiger partial charge in [0.15, 0.2) is 11.6 Å². The predicted molar refractivity (Wildman–Crippen MR) is 65.9 cm³/mol. The molecule has 2 rings (SSSR count). The summed E-state index contributed by atoms with van der Waals surface area (Å²) in [6.45, 7) is 1.37. The number of carbonyl (C=O) groups is 1. The van der Waals surface area contributed by atoms with Gasteiger partial charge >= 0.3 is 11.7 Å². The van der Waals surface area contributed by atoms with E-state index < -0.39 is 29.5 Å². The van der Waals surface area contributed by atoms with E-state index in [1.54, 1.807) is 0 Å². The Morgan fingerprint density at radius 3 is 3.21 bits per heavy atom. The van der Waals surface area contributed by atoms with E-state index in [9.17, 15) is 14.0 Å². The van der Waals surface area contributed by atoms with Gasteiger partial charge in [-0.2, -0.15) is 4.98 Å². The summed E-state index contributed by atoms with van der Waals surface area (Å²) in [5.41, 5.74) is 4.12. The van der Waals surface area contributed by atoms with Gasteiger partial charge in [0, 0.05) is 12.7 Å². The highest BCUT2D eigenvalue weighted by Crippen LogP contribution is 2.31. The number of esters is 1. The van der Waals surface area contributed by atoms with E-state index in [1.807, 2.05) is 0 Å². The Morgan fingerprint density at radius 1 is 1.79 bits per heavy atom. The molecule has 0 unspecified atom stereocenters. The van der Waals surface area contributed by atoms with Crippen LogP contribution in [0.1, 0.15) is 13.2 Å². The van der Waals surface area contributed by atoms with Crippen LogP contribution in [0.4, 0.5) is 10.2 Å². The molecule has 0 spiro atoms. The summed E-state index contributed by atoms with van der Waals surface area (Å²) in [6, 6.07) is 0. The van der Waals surface area contributed by atoms with Crippen LogP contribution in [-0.2, 0) is 14.3 Å². The van der Waals surface area contributed by atoms with E-state index in [4.69, 9.17) is 15.2 Å². The third-order valence-corrected chi connectivity index (χ3v) is 3.50. The molecular formula is C10H12FN3O4S. The van der Waals surface area contributed by atoms with Crippen LogP contribution in [0.3, 0.4) is 0 Å². The number of nitrogen functional groups attached to an aromatic ring is 1. The number of anilines is 1. The van der Waals surface area contributed by atoms with Crippen molar-refractivity contribution in [3.05, 3.63) is 22.5 Å². The Morgan fingerprint density at radius 2 is 2.53 bits per heavy atom. The molecule has 9 heteroatoms. The molecule has 7 nitrogen and oxygen atoms in total. The van der Waals surface area contributed by atoms with Crippen molar-refractivity contribution in [2.24, 2.45) is 0 Å². The lowest BCUT2D eigenvalue weighted by Crippen LogP contribution is -2.30. The second-order valence-electron chi connectivity index (χ2n) is 3.82. The summed E-state index contributed by atoms with van der Waals surface area (Å²) in [4.78, 5) is 25.6. The minimum Gasteiger partial charge on any atom is -0.462 e. The maximum absolute atomic E-state index is 13.3. The van der Waals surface area contributed by atoms with Crippen LogP contribution in [0.5, 0.6) is 0 Å². The molecular weight excluding hydrogens is 277 g/mol. The average molecular weight is 289 g/mol. The van der Waals surface area contributed by atoms with Crippen molar-refractivity contribution >= 4 is 23.5 Å². The summed E-state index contributed by atoms with van der Waals surface area (Å²) < 4.78 is 24.6. The summed E-state index contributed by atoms with van der Waals surface area (Å²) in [5.74, 6) is -1.21. The van der Waals surface area contributed by atoms with E-state index in [0.717, 1.165) is 10.8 Å². The van der Waals surface area contributed by atoms with Gasteiger partial charge in [0.05, 0.1) is 6.20 Å². The number of nitrogens with zero attached hydrogens (tertiary/aromatic N) is 2. The van der Waals surface area contributed by atoms with Crippen molar-refractivity contribution in [3.63, 3.8) is 0 Å². The summed E-state index contributed by atoms with van der Waals surface area (Å²) >= 11 is 1.37. The van der Waals surface area contributed by atoms with Crippen LogP contribution in [-0.4, -0.2) is 33.3 Å². The SMILES string of the molecule is CC(=O)OC[C@@H]1O[C@H](n2cc(F)c(N)nc2=O)CS1. The average Bonchev–Trinajstić information content (AvgIpc) is 2.80. The van der Waals surface area contributed by atoms with Crippen LogP contribution < -0.4 is 11.4 Å². The first-order valence-electron chi connectivity index (χ1n) is 5.42. The Kier molecular flexibility index (Phi) is 4.05. The van der Waals surface area contributed by atoms with Crippen molar-refractivity contribution in [1.82, 2.24) is 9.55 Å². The molecule has 2 heterocycles. The van der Waals surface area contributed by atoms with Gasteiger partial charge in [-0.15, -0.1) is 11.8 Å². The van der Waals surface area contributed by atoms with Crippen LogP contribution in [0, 0.1) is 5.82 Å². The summed E-state index contributed by atoms with van der Waals surface area (Å²) in [6.07, 6.45) is 0.310. The van der Waals surface area contributed by atoms with Crippen LogP contribution in [0.25, 0.3) is 0 Å². The molecule has 0 radical (unpaired) electrons. The van der Waals surface area contributed by atoms with E-state index >= 15 is 0 Å². The van der Waals surface area contributed by atoms with E-state index in [2.05, 4.69) is 4.98 Å². The van der Waals surface area contributed by atoms with Gasteiger partial charge in [-0.1, -0.05) is 0 Å². The topological polar surface area (TPSA) is 96.4 Å². The van der Waals surface area contributed by atoms with E-state index in [0.29, 0.717) is 5.75 Å². The van der Waals surface area contributed by atoms with Gasteiger partial charge in [-0.25, -0.2) is 9.18 Å². The largest absolute Gasteiger partial charge is 0.462 e. The fourth-order valence-electron chi connectivity index (χ4n) is 1.53. The monoisotopic (exact) mass is 289 g/mol. The lowest BCUT2D eigenvalue weighted by atomic mass is 10.5. The number of hydrogen-bond donors (Lipinski definition) is 1. The molecule has 2 atom stereocenters. The molecule has 0 saturated carbocycles. The van der Waals surface area contributed by atoms with Gasteiger partial charge in [0.2, 0.25) is 0 Å². The number of thioether (sulfide) groups is 1. The molecule has 2 N–H and O–H groups in total. The third kappa shape index (κ3) is 3.24. The fraction of sp³-hybridized carbons (Fsp3) is 0.500. The Balaban J connectivity index is 2.07. The Bertz CT molecular complexity index is 550. The molecule has 1 aromatic heterocycles. The fourth-order valence-corrected chi connectivity index (χ4v) is 2.52. The Labute approximate surface area is 111 Å². The molecule has 0 amide bonds. The number of ether oxygens (including phenoxy) is 2. The van der Waals surface area contributed by atoms with Gasteiger partial charge < -0.3 is 15.2 Å². The van der Waals surface area contributed by atoms with Crippen molar-refractivity contribution < 1.29 is 18.7 Å². The van der Waals surface area contributed by atoms with Crippen molar-refractivity contribution in [1.29, 1.82) is 0 Å². The number of aromatic nitrogens is 2. The maximum Gasteiger partial charge on any atom is 0.351 e. The van der Waals surface area contributed by atoms with Crippen molar-refractivity contribution in [3.8, 4) is 0 Å². The molecule has 19 heavy (non-hydrogen) atoms. The van der Waals surface area contributed by atoms with Gasteiger partial charge in [0.1, 0.15) is 18.3 Å². The highest BCUT2D eigenvalue weighted by molar-refractivity contribution is 8.00. The zero-order valence-electron chi connectivity index (χ0n) is 10.0. The first-order chi connectivity index (χ1) is 8.97. The normalized spacial score (nSPS) is 22.4. The molecule has 1 aliphatic rings. The predicted octanol–water partition coefficient (Wildman–Crippen LogP) is 0.116. The third-order valence-electron chi connectivity index (χ3n) is 2.40. The first kappa shape index (κ1) is 13.8. The van der Waals surface area contributed by atoms with Crippen LogP contribution >= 0.6 is 11.8 Å². The van der Waals surface area contributed by atoms with Gasteiger partial charge in [-0.3, -0.25) is 9.36 Å². The van der Waals surface area contributed by atoms with E-state index in [1.165, 1.54) is 18.7 Å². The number of carbonyl (C=O) groups excluding carboxylic acids is 1. The molecule has 0 bridgehead atoms. The minimum absolute atomic E-state index is 0.0795. The number of hydrogen-bond acceptors (Lipinski definition) is 7. The molecule has 1 saturated heterocycles. The van der Waals surface area contributed by atoms with Crippen molar-refractivity contribution in [2.45, 2.75) is 18.6 Å². The smallest absolute Gasteiger partial charge is 0.351 e. The lowest BCUT2D eigenvalue weighted by Gasteiger charge is -2.14. The highest BCUT2D eigenvalue weighted by atomic mass is 32.2. The number of rotatable bonds is 3. The number of halogens is 1. The van der Waals surface area contributed by atoms with Gasteiger partial charge in [0.25, 0.3) is 0 Å². The quantitative estimate of drug-likeness (QED) is 0.789. The molecule has 1 aromatic rings. The van der Waals surface area contributed by atoms with Crippen LogP contribution in [0.15, 0.2) is 11.0 Å². The standard InChI is InChI=1S/C10H12FN3O4S/c1-5(15)17-3-8-18-7(4-19-8)14-2-6(11)9(12)13-10(14)16/h2,7-8H,3-4H2,1H3,(H2,12,13,16)/t7-,8+/m0/s1. The maximum atomic E-state index is 13.3. The van der Waals surface area contributed by atoms with E-state index in [-0.39, 0.29) is 12.0 Å². The second-order valence-corrected chi connectivity index (χ2v) is 5.01. The second kappa shape index (κ2) is 5.57. The Hall–Kier alpha value is -1.61. The van der Waals surface area contributed by atoms with Crippen molar-refractivity contribution in [2.75, 3.05) is 18.1 Å². The zero-order chi connectivity index (χ0) is 14.0. The molecule has 0 aliphatic carbocycles. The molecule has 0 aromatic carbocycles. The van der Waals surface area contributed by atoms with Gasteiger partial charge in [-0.05, 0) is 0 Å².